The molecule has 1 N–H and O–H groups in total. The maximum absolute atomic E-state index is 13.2. The fraction of sp³-hybridized carbons (Fsp3) is 0.600. The lowest BCUT2D eigenvalue weighted by Gasteiger charge is -2.30. The van der Waals surface area contributed by atoms with Gasteiger partial charge in [0.25, 0.3) is 0 Å². The van der Waals surface area contributed by atoms with E-state index in [1.165, 1.54) is 12.7 Å². The molecule has 0 spiro atoms. The van der Waals surface area contributed by atoms with Gasteiger partial charge in [-0.05, 0) is 59.4 Å². The molecule has 234 valence electrons. The van der Waals surface area contributed by atoms with Crippen molar-refractivity contribution in [1.29, 1.82) is 0 Å². The van der Waals surface area contributed by atoms with Gasteiger partial charge in [-0.15, -0.1) is 0 Å². The van der Waals surface area contributed by atoms with Crippen LogP contribution in [0.25, 0.3) is 10.8 Å². The van der Waals surface area contributed by atoms with Crippen LogP contribution >= 0.6 is 0 Å². The topological polar surface area (TPSA) is 96.0 Å². The van der Waals surface area contributed by atoms with Crippen molar-refractivity contribution < 1.29 is 23.9 Å². The highest BCUT2D eigenvalue weighted by Gasteiger charge is 2.36. The summed E-state index contributed by atoms with van der Waals surface area (Å²) in [7, 11) is 1.27. The number of alkyl carbamates (subject to hydrolysis) is 1. The molecule has 2 saturated heterocycles. The second-order valence-electron chi connectivity index (χ2n) is 13.0. The summed E-state index contributed by atoms with van der Waals surface area (Å²) in [6.45, 7) is 11.9. The van der Waals surface area contributed by atoms with Gasteiger partial charge in [0.2, 0.25) is 11.8 Å². The van der Waals surface area contributed by atoms with Crippen LogP contribution in [0.3, 0.4) is 0 Å². The fourth-order valence-electron chi connectivity index (χ4n) is 6.52. The molecule has 0 aromatic heterocycles. The zero-order valence-electron chi connectivity index (χ0n) is 26.7. The predicted octanol–water partition coefficient (Wildman–Crippen LogP) is 5.40. The number of carbonyl (C=O) groups excluding carboxylic acids is 4. The van der Waals surface area contributed by atoms with E-state index < -0.39 is 12.1 Å². The number of rotatable bonds is 11. The Bertz CT molecular complexity index is 1320. The van der Waals surface area contributed by atoms with Crippen LogP contribution in [0, 0.1) is 23.7 Å². The first kappa shape index (κ1) is 32.5. The van der Waals surface area contributed by atoms with Crippen LogP contribution in [0.5, 0.6) is 0 Å². The van der Waals surface area contributed by atoms with Crippen LogP contribution in [0.2, 0.25) is 0 Å². The molecule has 2 aromatic carbocycles. The van der Waals surface area contributed by atoms with Crippen LogP contribution < -0.4 is 5.32 Å². The Labute approximate surface area is 256 Å². The molecule has 8 nitrogen and oxygen atoms in total. The van der Waals surface area contributed by atoms with E-state index in [0.717, 1.165) is 48.6 Å². The number of likely N-dealkylation sites (tertiary alicyclic amines) is 2. The lowest BCUT2D eigenvalue weighted by molar-refractivity contribution is -0.137. The maximum atomic E-state index is 13.2. The van der Waals surface area contributed by atoms with E-state index in [-0.39, 0.29) is 35.5 Å². The molecule has 3 amide bonds. The number of Topliss-reactive ketones (excluding diaryl/α,β-unsaturated/α-hetero) is 1. The average Bonchev–Trinajstić information content (AvgIpc) is 3.68. The van der Waals surface area contributed by atoms with E-state index in [0.29, 0.717) is 37.8 Å². The smallest absolute Gasteiger partial charge is 0.407 e. The van der Waals surface area contributed by atoms with Gasteiger partial charge in [-0.25, -0.2) is 4.79 Å². The minimum Gasteiger partial charge on any atom is -0.453 e. The Kier molecular flexibility index (Phi) is 10.9. The third kappa shape index (κ3) is 7.76. The van der Waals surface area contributed by atoms with Gasteiger partial charge in [-0.3, -0.25) is 14.4 Å². The zero-order chi connectivity index (χ0) is 31.3. The summed E-state index contributed by atoms with van der Waals surface area (Å²) in [5.41, 5.74) is 2.20. The number of fused-ring (bicyclic) bond motifs is 1. The van der Waals surface area contributed by atoms with Crippen molar-refractivity contribution in [1.82, 2.24) is 15.1 Å². The number of benzene rings is 2. The molecule has 4 rings (SSSR count). The SMILES string of the molecule is CC[C@H](C)[C@H](C)C(=O)N1CCC[C@H]1Cc1ccc2cc(CC(=O)[C@H]3CCN(C(=O)[C@@H](NC(=O)OC)C(C)C)C3)ccc2c1. The summed E-state index contributed by atoms with van der Waals surface area (Å²) in [5.74, 6) is 0.373. The second kappa shape index (κ2) is 14.4. The molecule has 2 aromatic rings. The molecule has 2 aliphatic rings. The lowest BCUT2D eigenvalue weighted by atomic mass is 9.91. The van der Waals surface area contributed by atoms with E-state index in [1.54, 1.807) is 4.90 Å². The summed E-state index contributed by atoms with van der Waals surface area (Å²) in [6.07, 6.45) is 4.29. The molecule has 8 heteroatoms. The summed E-state index contributed by atoms with van der Waals surface area (Å²) >= 11 is 0. The maximum Gasteiger partial charge on any atom is 0.407 e. The normalized spacial score (nSPS) is 20.7. The fourth-order valence-corrected chi connectivity index (χ4v) is 6.52. The zero-order valence-corrected chi connectivity index (χ0v) is 26.7. The Morgan fingerprint density at radius 1 is 0.930 bits per heavy atom. The number of amides is 3. The van der Waals surface area contributed by atoms with Gasteiger partial charge < -0.3 is 19.9 Å². The lowest BCUT2D eigenvalue weighted by Crippen LogP contribution is -2.50. The number of hydrogen-bond acceptors (Lipinski definition) is 5. The summed E-state index contributed by atoms with van der Waals surface area (Å²) in [5, 5.41) is 4.86. The molecule has 2 aliphatic heterocycles. The Hall–Kier alpha value is -3.42. The monoisotopic (exact) mass is 591 g/mol. The molecule has 0 radical (unpaired) electrons. The van der Waals surface area contributed by atoms with Crippen molar-refractivity contribution in [2.75, 3.05) is 26.7 Å². The van der Waals surface area contributed by atoms with Crippen LogP contribution in [0.1, 0.15) is 71.4 Å². The Balaban J connectivity index is 1.36. The van der Waals surface area contributed by atoms with E-state index in [1.807, 2.05) is 19.9 Å². The first-order chi connectivity index (χ1) is 20.5. The molecule has 0 unspecified atom stereocenters. The van der Waals surface area contributed by atoms with Gasteiger partial charge in [0.1, 0.15) is 11.8 Å². The number of nitrogens with zero attached hydrogens (tertiary/aromatic N) is 2. The molecule has 0 bridgehead atoms. The first-order valence-electron chi connectivity index (χ1n) is 16.0. The largest absolute Gasteiger partial charge is 0.453 e. The van der Waals surface area contributed by atoms with E-state index in [2.05, 4.69) is 66.1 Å². The standard InChI is InChI=1S/C35H49N3O5/c1-7-23(4)24(5)33(40)38-15-8-9-30(38)19-25-10-12-28-18-26(11-13-27(28)17-25)20-31(39)29-14-16-37(21-29)34(41)32(22(2)3)36-35(42)43-6/h10-13,17-18,22-24,29-30,32H,7-9,14-16,19-21H2,1-6H3,(H,36,42)/t23-,24-,29-,30-,32-/m0/s1. The number of ether oxygens (including phenoxy) is 1. The number of hydrogen-bond donors (Lipinski definition) is 1. The molecular formula is C35H49N3O5. The third-order valence-electron chi connectivity index (χ3n) is 9.71. The van der Waals surface area contributed by atoms with Crippen LogP contribution in [-0.2, 0) is 32.0 Å². The summed E-state index contributed by atoms with van der Waals surface area (Å²) < 4.78 is 4.68. The molecule has 5 atom stereocenters. The van der Waals surface area contributed by atoms with Gasteiger partial charge in [0.15, 0.2) is 0 Å². The van der Waals surface area contributed by atoms with E-state index in [4.69, 9.17) is 0 Å². The van der Waals surface area contributed by atoms with Gasteiger partial charge in [-0.2, -0.15) is 0 Å². The second-order valence-corrected chi connectivity index (χ2v) is 13.0. The minimum absolute atomic E-state index is 0.0525. The van der Waals surface area contributed by atoms with E-state index in [9.17, 15) is 19.2 Å². The number of carbonyl (C=O) groups is 4. The third-order valence-corrected chi connectivity index (χ3v) is 9.71. The molecular weight excluding hydrogens is 542 g/mol. The van der Waals surface area contributed by atoms with Crippen molar-refractivity contribution in [2.45, 2.75) is 85.2 Å². The molecule has 2 fully saturated rings. The van der Waals surface area contributed by atoms with E-state index >= 15 is 0 Å². The quantitative estimate of drug-likeness (QED) is 0.378. The van der Waals surface area contributed by atoms with Crippen molar-refractivity contribution in [3.63, 3.8) is 0 Å². The molecule has 0 aliphatic carbocycles. The van der Waals surface area contributed by atoms with Crippen LogP contribution in [0.4, 0.5) is 4.79 Å². The average molecular weight is 592 g/mol. The van der Waals surface area contributed by atoms with Gasteiger partial charge in [-0.1, -0.05) is 77.4 Å². The Morgan fingerprint density at radius 3 is 2.26 bits per heavy atom. The van der Waals surface area contributed by atoms with Crippen molar-refractivity contribution in [3.8, 4) is 0 Å². The minimum atomic E-state index is -0.683. The number of ketones is 1. The number of nitrogens with one attached hydrogen (secondary N) is 1. The van der Waals surface area contributed by atoms with Gasteiger partial charge in [0.05, 0.1) is 7.11 Å². The summed E-state index contributed by atoms with van der Waals surface area (Å²) in [4.78, 5) is 55.1. The predicted molar refractivity (Wildman–Crippen MR) is 169 cm³/mol. The molecule has 2 heterocycles. The molecule has 0 saturated carbocycles. The van der Waals surface area contributed by atoms with Gasteiger partial charge >= 0.3 is 6.09 Å². The van der Waals surface area contributed by atoms with Crippen molar-refractivity contribution >= 4 is 34.5 Å². The van der Waals surface area contributed by atoms with Crippen LogP contribution in [-0.4, -0.2) is 72.3 Å². The van der Waals surface area contributed by atoms with Gasteiger partial charge in [0, 0.05) is 43.9 Å². The Morgan fingerprint density at radius 2 is 1.60 bits per heavy atom. The van der Waals surface area contributed by atoms with Crippen molar-refractivity contribution in [2.24, 2.45) is 23.7 Å². The first-order valence-corrected chi connectivity index (χ1v) is 16.0. The summed E-state index contributed by atoms with van der Waals surface area (Å²) in [6, 6.07) is 12.3. The van der Waals surface area contributed by atoms with Crippen molar-refractivity contribution in [3.05, 3.63) is 47.5 Å². The number of methoxy groups -OCH3 is 1. The highest BCUT2D eigenvalue weighted by Crippen LogP contribution is 2.28. The molecule has 43 heavy (non-hydrogen) atoms. The van der Waals surface area contributed by atoms with Crippen LogP contribution in [0.15, 0.2) is 36.4 Å². The highest BCUT2D eigenvalue weighted by atomic mass is 16.5. The highest BCUT2D eigenvalue weighted by molar-refractivity contribution is 5.90.